The Kier molecular flexibility index (Phi) is 12.8. The van der Waals surface area contributed by atoms with Gasteiger partial charge in [-0.25, -0.2) is 0 Å². The monoisotopic (exact) mass is 642 g/mol. The van der Waals surface area contributed by atoms with Crippen molar-refractivity contribution in [2.24, 2.45) is 23.7 Å². The number of ether oxygens (including phenoxy) is 7. The van der Waals surface area contributed by atoms with Crippen LogP contribution in [0, 0.1) is 23.7 Å². The van der Waals surface area contributed by atoms with E-state index in [9.17, 15) is 24.3 Å². The van der Waals surface area contributed by atoms with E-state index in [1.165, 1.54) is 7.11 Å². The Labute approximate surface area is 267 Å². The molecule has 45 heavy (non-hydrogen) atoms. The Morgan fingerprint density at radius 2 is 1.00 bits per heavy atom. The molecule has 1 N–H and O–H groups in total. The zero-order chi connectivity index (χ0) is 33.5. The van der Waals surface area contributed by atoms with Crippen LogP contribution in [-0.2, 0) is 52.3 Å². The molecule has 2 aliphatic heterocycles. The van der Waals surface area contributed by atoms with E-state index in [0.717, 1.165) is 25.7 Å². The number of carbonyl (C=O) groups excluding carboxylic acids is 3. The summed E-state index contributed by atoms with van der Waals surface area (Å²) >= 11 is 0. The van der Waals surface area contributed by atoms with Gasteiger partial charge in [-0.2, -0.15) is 0 Å². The molecule has 258 valence electrons. The molecule has 2 spiro atoms. The van der Waals surface area contributed by atoms with Crippen LogP contribution >= 0.6 is 0 Å². The van der Waals surface area contributed by atoms with E-state index in [1.54, 1.807) is 20.8 Å². The summed E-state index contributed by atoms with van der Waals surface area (Å²) in [4.78, 5) is 47.7. The highest BCUT2D eigenvalue weighted by Gasteiger charge is 2.45. The van der Waals surface area contributed by atoms with Gasteiger partial charge in [0.15, 0.2) is 11.6 Å². The van der Waals surface area contributed by atoms with Crippen molar-refractivity contribution in [3.63, 3.8) is 0 Å². The predicted molar refractivity (Wildman–Crippen MR) is 161 cm³/mol. The molecule has 0 aromatic rings. The number of carbonyl (C=O) groups is 4. The molecule has 0 radical (unpaired) electrons. The fraction of sp³-hybridized carbons (Fsp3) is 0.879. The number of hydrogen-bond acceptors (Lipinski definition) is 11. The Hall–Kier alpha value is -2.28. The summed E-state index contributed by atoms with van der Waals surface area (Å²) in [6, 6.07) is 0. The second-order valence-corrected chi connectivity index (χ2v) is 14.5. The molecule has 12 nitrogen and oxygen atoms in total. The van der Waals surface area contributed by atoms with Crippen molar-refractivity contribution in [1.82, 2.24) is 0 Å². The maximum absolute atomic E-state index is 12.1. The van der Waals surface area contributed by atoms with Gasteiger partial charge in [-0.15, -0.1) is 0 Å². The fourth-order valence-corrected chi connectivity index (χ4v) is 6.71. The zero-order valence-electron chi connectivity index (χ0n) is 28.1. The van der Waals surface area contributed by atoms with Crippen molar-refractivity contribution in [1.29, 1.82) is 0 Å². The van der Waals surface area contributed by atoms with E-state index in [-0.39, 0.29) is 36.6 Å². The average Bonchev–Trinajstić information content (AvgIpc) is 3.59. The number of carboxylic acids is 1. The van der Waals surface area contributed by atoms with E-state index < -0.39 is 46.6 Å². The lowest BCUT2D eigenvalue weighted by Crippen LogP contribution is -2.39. The average molecular weight is 643 g/mol. The first-order valence-electron chi connectivity index (χ1n) is 16.3. The van der Waals surface area contributed by atoms with E-state index in [2.05, 4.69) is 0 Å². The summed E-state index contributed by atoms with van der Waals surface area (Å²) in [5.41, 5.74) is -1.15. The minimum Gasteiger partial charge on any atom is -0.481 e. The molecule has 4 rings (SSSR count). The quantitative estimate of drug-likeness (QED) is 0.286. The molecule has 2 aliphatic carbocycles. The second-order valence-electron chi connectivity index (χ2n) is 14.5. The highest BCUT2D eigenvalue weighted by atomic mass is 16.7. The molecule has 2 saturated heterocycles. The summed E-state index contributed by atoms with van der Waals surface area (Å²) in [6.45, 7) is 13.2. The predicted octanol–water partition coefficient (Wildman–Crippen LogP) is 4.79. The summed E-state index contributed by atoms with van der Waals surface area (Å²) in [7, 11) is 1.36. The van der Waals surface area contributed by atoms with Gasteiger partial charge < -0.3 is 38.3 Å². The summed E-state index contributed by atoms with van der Waals surface area (Å²) in [5, 5.41) is 9.46. The van der Waals surface area contributed by atoms with E-state index in [0.29, 0.717) is 52.1 Å². The van der Waals surface area contributed by atoms with Crippen LogP contribution in [0.3, 0.4) is 0 Å². The molecule has 0 aromatic carbocycles. The van der Waals surface area contributed by atoms with Crippen LogP contribution in [-0.4, -0.2) is 85.3 Å². The summed E-state index contributed by atoms with van der Waals surface area (Å²) in [5.74, 6) is -4.17. The molecule has 0 bridgehead atoms. The van der Waals surface area contributed by atoms with Crippen molar-refractivity contribution in [3.05, 3.63) is 0 Å². The highest BCUT2D eigenvalue weighted by molar-refractivity contribution is 5.80. The SMILES string of the molecule is CC(C)(C)OC(=O)CC(C(=O)O)C1CCC2(CC1)OCCO2.COC(=O)C(CC(=O)OC(C)(C)C)C1CCC2(CC1)OCCO2. The van der Waals surface area contributed by atoms with Gasteiger partial charge in [0.05, 0.1) is 58.2 Å². The molecule has 2 unspecified atom stereocenters. The van der Waals surface area contributed by atoms with Crippen molar-refractivity contribution >= 4 is 23.9 Å². The normalized spacial score (nSPS) is 24.3. The molecular weight excluding hydrogens is 588 g/mol. The number of esters is 3. The first-order valence-corrected chi connectivity index (χ1v) is 16.3. The number of rotatable bonds is 8. The lowest BCUT2D eigenvalue weighted by molar-refractivity contribution is -0.188. The number of aliphatic carboxylic acids is 1. The van der Waals surface area contributed by atoms with Crippen LogP contribution in [0.4, 0.5) is 0 Å². The van der Waals surface area contributed by atoms with Crippen LogP contribution < -0.4 is 0 Å². The Morgan fingerprint density at radius 1 is 0.667 bits per heavy atom. The van der Waals surface area contributed by atoms with Crippen LogP contribution in [0.1, 0.15) is 106 Å². The molecular formula is C33H54O12. The summed E-state index contributed by atoms with van der Waals surface area (Å²) in [6.07, 6.45) is 5.81. The topological polar surface area (TPSA) is 153 Å². The smallest absolute Gasteiger partial charge is 0.309 e. The Bertz CT molecular complexity index is 994. The van der Waals surface area contributed by atoms with Gasteiger partial charge in [0.1, 0.15) is 11.2 Å². The van der Waals surface area contributed by atoms with Crippen molar-refractivity contribution in [3.8, 4) is 0 Å². The molecule has 2 atom stereocenters. The number of hydrogen-bond donors (Lipinski definition) is 1. The maximum Gasteiger partial charge on any atom is 0.309 e. The zero-order valence-corrected chi connectivity index (χ0v) is 28.1. The second kappa shape index (κ2) is 15.5. The molecule has 2 saturated carbocycles. The van der Waals surface area contributed by atoms with Gasteiger partial charge in [0.25, 0.3) is 0 Å². The van der Waals surface area contributed by atoms with Gasteiger partial charge in [-0.3, -0.25) is 19.2 Å². The third-order valence-corrected chi connectivity index (χ3v) is 8.78. The maximum atomic E-state index is 12.1. The summed E-state index contributed by atoms with van der Waals surface area (Å²) < 4.78 is 38.2. The van der Waals surface area contributed by atoms with Gasteiger partial charge in [0, 0.05) is 25.7 Å². The Balaban J connectivity index is 0.000000246. The van der Waals surface area contributed by atoms with Crippen LogP contribution in [0.5, 0.6) is 0 Å². The van der Waals surface area contributed by atoms with Gasteiger partial charge >= 0.3 is 23.9 Å². The van der Waals surface area contributed by atoms with Crippen molar-refractivity contribution in [2.45, 2.75) is 129 Å². The lowest BCUT2D eigenvalue weighted by atomic mass is 9.76. The van der Waals surface area contributed by atoms with Crippen LogP contribution in [0.2, 0.25) is 0 Å². The fourth-order valence-electron chi connectivity index (χ4n) is 6.71. The molecule has 4 fully saturated rings. The number of methoxy groups -OCH3 is 1. The van der Waals surface area contributed by atoms with Crippen molar-refractivity contribution < 1.29 is 57.4 Å². The molecule has 0 amide bonds. The molecule has 12 heteroatoms. The van der Waals surface area contributed by atoms with E-state index >= 15 is 0 Å². The highest BCUT2D eigenvalue weighted by Crippen LogP contribution is 2.43. The minimum atomic E-state index is -0.930. The van der Waals surface area contributed by atoms with Gasteiger partial charge in [-0.1, -0.05) is 0 Å². The molecule has 0 aromatic heterocycles. The Morgan fingerprint density at radius 3 is 1.31 bits per heavy atom. The molecule has 4 aliphatic rings. The molecule has 2 heterocycles. The third-order valence-electron chi connectivity index (χ3n) is 8.78. The number of carboxylic acid groups (broad SMARTS) is 1. The third kappa shape index (κ3) is 11.5. The van der Waals surface area contributed by atoms with Gasteiger partial charge in [-0.05, 0) is 79.1 Å². The standard InChI is InChI=1S/C17H28O6.C16H26O6/c1-16(2,3)23-14(18)11-13(15(19)20-4)12-5-7-17(8-6-12)21-9-10-22-17;1-15(2,3)22-13(17)10-12(14(18)19)11-4-6-16(7-5-11)20-8-9-21-16/h12-13H,5-11H2,1-4H3;11-12H,4-10H2,1-3H3,(H,18,19). The van der Waals surface area contributed by atoms with Gasteiger partial charge in [0.2, 0.25) is 0 Å². The largest absolute Gasteiger partial charge is 0.481 e. The minimum absolute atomic E-state index is 0.0385. The first-order chi connectivity index (χ1) is 21.0. The van der Waals surface area contributed by atoms with Crippen molar-refractivity contribution in [2.75, 3.05) is 33.5 Å². The van der Waals surface area contributed by atoms with Crippen LogP contribution in [0.25, 0.3) is 0 Å². The van der Waals surface area contributed by atoms with E-state index in [1.807, 2.05) is 20.8 Å². The van der Waals surface area contributed by atoms with E-state index in [4.69, 9.17) is 33.2 Å². The van der Waals surface area contributed by atoms with Crippen LogP contribution in [0.15, 0.2) is 0 Å². The first kappa shape index (κ1) is 37.2. The lowest BCUT2D eigenvalue weighted by Gasteiger charge is -2.37.